The molecule has 2 aliphatic rings. The molecule has 2 aromatic rings. The van der Waals surface area contributed by atoms with Gasteiger partial charge in [0.05, 0.1) is 23.9 Å². The van der Waals surface area contributed by atoms with Crippen molar-refractivity contribution in [2.75, 3.05) is 6.61 Å². The number of aromatic amines is 1. The lowest BCUT2D eigenvalue weighted by molar-refractivity contribution is -0.124. The van der Waals surface area contributed by atoms with Gasteiger partial charge < -0.3 is 10.1 Å². The number of amides is 1. The molecular weight excluding hydrogens is 278 g/mol. The number of ether oxygens (including phenoxy) is 1. The Labute approximate surface area is 129 Å². The van der Waals surface area contributed by atoms with Gasteiger partial charge in [0.25, 0.3) is 0 Å². The van der Waals surface area contributed by atoms with Gasteiger partial charge in [-0.25, -0.2) is 0 Å². The Morgan fingerprint density at radius 2 is 2.27 bits per heavy atom. The van der Waals surface area contributed by atoms with Crippen molar-refractivity contribution in [2.45, 2.75) is 31.7 Å². The van der Waals surface area contributed by atoms with Gasteiger partial charge in [-0.15, -0.1) is 0 Å². The van der Waals surface area contributed by atoms with E-state index in [1.807, 2.05) is 30.5 Å². The van der Waals surface area contributed by atoms with Gasteiger partial charge >= 0.3 is 0 Å². The van der Waals surface area contributed by atoms with E-state index in [4.69, 9.17) is 4.74 Å². The average molecular weight is 297 g/mol. The molecule has 0 saturated carbocycles. The highest BCUT2D eigenvalue weighted by atomic mass is 16.5. The monoisotopic (exact) mass is 297 g/mol. The van der Waals surface area contributed by atoms with E-state index in [9.17, 15) is 4.79 Å². The molecule has 0 fully saturated rings. The van der Waals surface area contributed by atoms with Crippen LogP contribution in [0.2, 0.25) is 0 Å². The number of carbonyl (C=O) groups is 1. The van der Waals surface area contributed by atoms with E-state index in [1.54, 1.807) is 0 Å². The fourth-order valence-electron chi connectivity index (χ4n) is 3.56. The third-order valence-corrected chi connectivity index (χ3v) is 4.64. The highest BCUT2D eigenvalue weighted by Crippen LogP contribution is 2.36. The molecule has 3 atom stereocenters. The number of fused-ring (bicyclic) bond motifs is 2. The molecule has 1 aromatic carbocycles. The van der Waals surface area contributed by atoms with Crippen LogP contribution in [0.1, 0.15) is 42.1 Å². The number of carbonyl (C=O) groups excluding carboxylic acids is 1. The molecule has 2 heterocycles. The minimum absolute atomic E-state index is 0.0577. The van der Waals surface area contributed by atoms with Crippen LogP contribution >= 0.6 is 0 Å². The number of rotatable bonds is 2. The minimum Gasteiger partial charge on any atom is -0.491 e. The summed E-state index contributed by atoms with van der Waals surface area (Å²) in [6.45, 7) is 2.69. The summed E-state index contributed by atoms with van der Waals surface area (Å²) in [5.41, 5.74) is 3.20. The lowest BCUT2D eigenvalue weighted by atomic mass is 9.81. The predicted molar refractivity (Wildman–Crippen MR) is 81.6 cm³/mol. The van der Waals surface area contributed by atoms with Crippen molar-refractivity contribution in [3.05, 3.63) is 47.3 Å². The third-order valence-electron chi connectivity index (χ3n) is 4.64. The van der Waals surface area contributed by atoms with Crippen molar-refractivity contribution < 1.29 is 9.53 Å². The standard InChI is InChI=1S/C17H19N3O2/c1-10-6-11-8-18-20-16(11)13(7-10)17(21)19-14-9-22-15-5-3-2-4-12(14)15/h2-5,8,10,13-14H,6-7,9H2,1H3,(H,18,20)(H,19,21)/t10-,13-,14-/m1/s1. The normalized spacial score (nSPS) is 26.0. The fourth-order valence-corrected chi connectivity index (χ4v) is 3.56. The maximum atomic E-state index is 12.8. The first-order valence-electron chi connectivity index (χ1n) is 7.76. The summed E-state index contributed by atoms with van der Waals surface area (Å²) in [6.07, 6.45) is 3.69. The molecule has 22 heavy (non-hydrogen) atoms. The van der Waals surface area contributed by atoms with E-state index >= 15 is 0 Å². The van der Waals surface area contributed by atoms with E-state index in [0.717, 1.165) is 29.8 Å². The molecule has 0 spiro atoms. The molecule has 4 rings (SSSR count). The summed E-state index contributed by atoms with van der Waals surface area (Å²) in [5, 5.41) is 10.3. The number of nitrogens with one attached hydrogen (secondary N) is 2. The Kier molecular flexibility index (Phi) is 3.13. The van der Waals surface area contributed by atoms with Crippen molar-refractivity contribution in [1.82, 2.24) is 15.5 Å². The van der Waals surface area contributed by atoms with Gasteiger partial charge in [-0.1, -0.05) is 25.1 Å². The van der Waals surface area contributed by atoms with Crippen molar-refractivity contribution >= 4 is 5.91 Å². The second-order valence-corrected chi connectivity index (χ2v) is 6.32. The van der Waals surface area contributed by atoms with Crippen LogP contribution in [0.15, 0.2) is 30.5 Å². The molecule has 0 bridgehead atoms. The van der Waals surface area contributed by atoms with Gasteiger partial charge in [0.1, 0.15) is 12.4 Å². The Hall–Kier alpha value is -2.30. The zero-order valence-corrected chi connectivity index (χ0v) is 12.5. The molecule has 1 aromatic heterocycles. The summed E-state index contributed by atoms with van der Waals surface area (Å²) < 4.78 is 5.64. The number of para-hydroxylation sites is 1. The number of H-pyrrole nitrogens is 1. The third kappa shape index (κ3) is 2.17. The number of nitrogens with zero attached hydrogens (tertiary/aromatic N) is 1. The molecule has 114 valence electrons. The second-order valence-electron chi connectivity index (χ2n) is 6.32. The zero-order chi connectivity index (χ0) is 15.1. The first kappa shape index (κ1) is 13.4. The first-order chi connectivity index (χ1) is 10.7. The van der Waals surface area contributed by atoms with E-state index in [0.29, 0.717) is 12.5 Å². The number of hydrogen-bond acceptors (Lipinski definition) is 3. The summed E-state index contributed by atoms with van der Waals surface area (Å²) in [5.74, 6) is 1.27. The molecule has 5 heteroatoms. The first-order valence-corrected chi connectivity index (χ1v) is 7.76. The summed E-state index contributed by atoms with van der Waals surface area (Å²) in [6, 6.07) is 7.81. The molecule has 2 N–H and O–H groups in total. The minimum atomic E-state index is -0.144. The van der Waals surface area contributed by atoms with Crippen LogP contribution in [-0.4, -0.2) is 22.7 Å². The van der Waals surface area contributed by atoms with Crippen LogP contribution in [0, 0.1) is 5.92 Å². The quantitative estimate of drug-likeness (QED) is 0.894. The number of benzene rings is 1. The van der Waals surface area contributed by atoms with Gasteiger partial charge in [-0.05, 0) is 30.4 Å². The van der Waals surface area contributed by atoms with Gasteiger partial charge in [0.15, 0.2) is 0 Å². The topological polar surface area (TPSA) is 67.0 Å². The summed E-state index contributed by atoms with van der Waals surface area (Å²) in [7, 11) is 0. The summed E-state index contributed by atoms with van der Waals surface area (Å²) in [4.78, 5) is 12.8. The maximum absolute atomic E-state index is 12.8. The summed E-state index contributed by atoms with van der Waals surface area (Å²) >= 11 is 0. The van der Waals surface area contributed by atoms with Crippen molar-refractivity contribution in [3.8, 4) is 5.75 Å². The van der Waals surface area contributed by atoms with E-state index in [-0.39, 0.29) is 17.9 Å². The smallest absolute Gasteiger partial charge is 0.229 e. The fraction of sp³-hybridized carbons (Fsp3) is 0.412. The molecule has 1 aliphatic carbocycles. The van der Waals surface area contributed by atoms with Crippen molar-refractivity contribution in [1.29, 1.82) is 0 Å². The molecule has 5 nitrogen and oxygen atoms in total. The van der Waals surface area contributed by atoms with E-state index in [1.165, 1.54) is 5.56 Å². The Balaban J connectivity index is 1.55. The van der Waals surface area contributed by atoms with Crippen LogP contribution in [0.4, 0.5) is 0 Å². The van der Waals surface area contributed by atoms with Crippen molar-refractivity contribution in [2.24, 2.45) is 5.92 Å². The highest BCUT2D eigenvalue weighted by Gasteiger charge is 2.34. The molecule has 1 aliphatic heterocycles. The lowest BCUT2D eigenvalue weighted by Gasteiger charge is -2.26. The molecule has 0 saturated heterocycles. The average Bonchev–Trinajstić information content (AvgIpc) is 3.13. The molecule has 0 radical (unpaired) electrons. The van der Waals surface area contributed by atoms with Gasteiger partial charge in [0, 0.05) is 5.56 Å². The lowest BCUT2D eigenvalue weighted by Crippen LogP contribution is -2.36. The SMILES string of the molecule is C[C@@H]1Cc2cn[nH]c2[C@H](C(=O)N[C@@H]2COc3ccccc32)C1. The van der Waals surface area contributed by atoms with E-state index < -0.39 is 0 Å². The van der Waals surface area contributed by atoms with Gasteiger partial charge in [-0.2, -0.15) is 5.10 Å². The molecule has 1 amide bonds. The Bertz CT molecular complexity index is 709. The second kappa shape index (κ2) is 5.16. The molecule has 0 unspecified atom stereocenters. The van der Waals surface area contributed by atoms with Crippen LogP contribution in [-0.2, 0) is 11.2 Å². The largest absolute Gasteiger partial charge is 0.491 e. The Morgan fingerprint density at radius 3 is 3.18 bits per heavy atom. The highest BCUT2D eigenvalue weighted by molar-refractivity contribution is 5.84. The van der Waals surface area contributed by atoms with Crippen LogP contribution < -0.4 is 10.1 Å². The number of hydrogen-bond donors (Lipinski definition) is 2. The van der Waals surface area contributed by atoms with Crippen LogP contribution in [0.3, 0.4) is 0 Å². The zero-order valence-electron chi connectivity index (χ0n) is 12.5. The number of aromatic nitrogens is 2. The van der Waals surface area contributed by atoms with Crippen LogP contribution in [0.25, 0.3) is 0 Å². The molecular formula is C17H19N3O2. The van der Waals surface area contributed by atoms with Gasteiger partial charge in [0.2, 0.25) is 5.91 Å². The predicted octanol–water partition coefficient (Wildman–Crippen LogP) is 2.33. The maximum Gasteiger partial charge on any atom is 0.229 e. The van der Waals surface area contributed by atoms with Gasteiger partial charge in [-0.3, -0.25) is 9.89 Å². The van der Waals surface area contributed by atoms with Crippen LogP contribution in [0.5, 0.6) is 5.75 Å². The Morgan fingerprint density at radius 1 is 1.41 bits per heavy atom. The van der Waals surface area contributed by atoms with Crippen molar-refractivity contribution in [3.63, 3.8) is 0 Å². The van der Waals surface area contributed by atoms with E-state index in [2.05, 4.69) is 22.4 Å².